The molecule has 0 radical (unpaired) electrons. The van der Waals surface area contributed by atoms with Crippen molar-refractivity contribution in [3.8, 4) is 11.5 Å². The number of rotatable bonds is 2. The number of furan rings is 1. The maximum absolute atomic E-state index is 10.7. The van der Waals surface area contributed by atoms with Crippen LogP contribution in [0.15, 0.2) is 39.3 Å². The standard InChI is InChI=1S/C12H6ClNO4/c13-7-3-1-2-6-4-9(17-11(6)7)10-5-8(12(15)16)14-18-10/h1-5H,(H,15,16). The number of carbonyl (C=O) groups is 1. The summed E-state index contributed by atoms with van der Waals surface area (Å²) in [4.78, 5) is 10.7. The first-order chi connectivity index (χ1) is 8.65. The van der Waals surface area contributed by atoms with Crippen LogP contribution in [0.2, 0.25) is 5.02 Å². The van der Waals surface area contributed by atoms with E-state index in [4.69, 9.17) is 25.6 Å². The molecule has 0 amide bonds. The molecule has 5 nitrogen and oxygen atoms in total. The van der Waals surface area contributed by atoms with Crippen molar-refractivity contribution < 1.29 is 18.8 Å². The molecule has 1 aromatic carbocycles. The highest BCUT2D eigenvalue weighted by Crippen LogP contribution is 2.32. The average Bonchev–Trinajstić information content (AvgIpc) is 2.95. The van der Waals surface area contributed by atoms with Gasteiger partial charge in [0.25, 0.3) is 0 Å². The quantitative estimate of drug-likeness (QED) is 0.766. The number of carboxylic acids is 1. The van der Waals surface area contributed by atoms with Crippen molar-refractivity contribution in [1.29, 1.82) is 0 Å². The lowest BCUT2D eigenvalue weighted by Crippen LogP contribution is -1.94. The van der Waals surface area contributed by atoms with E-state index in [-0.39, 0.29) is 11.5 Å². The molecule has 3 aromatic rings. The first-order valence-electron chi connectivity index (χ1n) is 5.03. The van der Waals surface area contributed by atoms with E-state index in [9.17, 15) is 4.79 Å². The van der Waals surface area contributed by atoms with Crippen molar-refractivity contribution in [3.05, 3.63) is 41.0 Å². The highest BCUT2D eigenvalue weighted by Gasteiger charge is 2.16. The van der Waals surface area contributed by atoms with Gasteiger partial charge in [0.1, 0.15) is 0 Å². The highest BCUT2D eigenvalue weighted by molar-refractivity contribution is 6.34. The van der Waals surface area contributed by atoms with Crippen LogP contribution in [0.4, 0.5) is 0 Å². The largest absolute Gasteiger partial charge is 0.476 e. The monoisotopic (exact) mass is 263 g/mol. The zero-order valence-corrected chi connectivity index (χ0v) is 9.64. The van der Waals surface area contributed by atoms with Gasteiger partial charge in [-0.15, -0.1) is 0 Å². The van der Waals surface area contributed by atoms with Gasteiger partial charge in [0.2, 0.25) is 5.76 Å². The summed E-state index contributed by atoms with van der Waals surface area (Å²) in [6, 6.07) is 8.36. The minimum atomic E-state index is -1.15. The van der Waals surface area contributed by atoms with Gasteiger partial charge in [-0.3, -0.25) is 0 Å². The Balaban J connectivity index is 2.13. The van der Waals surface area contributed by atoms with Gasteiger partial charge in [0, 0.05) is 11.5 Å². The smallest absolute Gasteiger partial charge is 0.358 e. The van der Waals surface area contributed by atoms with Gasteiger partial charge in [0.15, 0.2) is 17.0 Å². The Bertz CT molecular complexity index is 743. The summed E-state index contributed by atoms with van der Waals surface area (Å²) in [6.07, 6.45) is 0. The van der Waals surface area contributed by atoms with E-state index in [2.05, 4.69) is 5.16 Å². The number of aromatic nitrogens is 1. The normalized spacial score (nSPS) is 10.9. The minimum absolute atomic E-state index is 0.170. The van der Waals surface area contributed by atoms with Crippen LogP contribution < -0.4 is 0 Å². The number of fused-ring (bicyclic) bond motifs is 1. The lowest BCUT2D eigenvalue weighted by atomic mass is 10.2. The predicted octanol–water partition coefficient (Wildman–Crippen LogP) is 3.44. The third-order valence-corrected chi connectivity index (χ3v) is 2.77. The molecule has 0 unspecified atom stereocenters. The number of benzene rings is 1. The van der Waals surface area contributed by atoms with Crippen molar-refractivity contribution in [2.24, 2.45) is 0 Å². The number of halogens is 1. The zero-order valence-electron chi connectivity index (χ0n) is 8.88. The van der Waals surface area contributed by atoms with Gasteiger partial charge in [-0.2, -0.15) is 0 Å². The third kappa shape index (κ3) is 1.65. The van der Waals surface area contributed by atoms with Crippen LogP contribution >= 0.6 is 11.6 Å². The SMILES string of the molecule is O=C(O)c1cc(-c2cc3cccc(Cl)c3o2)on1. The summed E-state index contributed by atoms with van der Waals surface area (Å²) in [5, 5.41) is 13.5. The molecule has 2 heterocycles. The average molecular weight is 264 g/mol. The number of hydrogen-bond donors (Lipinski definition) is 1. The van der Waals surface area contributed by atoms with E-state index < -0.39 is 5.97 Å². The van der Waals surface area contributed by atoms with Gasteiger partial charge >= 0.3 is 5.97 Å². The van der Waals surface area contributed by atoms with E-state index in [1.165, 1.54) is 6.07 Å². The number of para-hydroxylation sites is 1. The Morgan fingerprint density at radius 1 is 1.28 bits per heavy atom. The Morgan fingerprint density at radius 2 is 2.11 bits per heavy atom. The van der Waals surface area contributed by atoms with Crippen LogP contribution in [0.25, 0.3) is 22.5 Å². The number of nitrogens with zero attached hydrogens (tertiary/aromatic N) is 1. The molecule has 18 heavy (non-hydrogen) atoms. The molecule has 6 heteroatoms. The molecule has 0 saturated heterocycles. The van der Waals surface area contributed by atoms with E-state index in [0.717, 1.165) is 5.39 Å². The first-order valence-corrected chi connectivity index (χ1v) is 5.41. The molecule has 0 aliphatic heterocycles. The Hall–Kier alpha value is -2.27. The number of hydrogen-bond acceptors (Lipinski definition) is 4. The number of carboxylic acid groups (broad SMARTS) is 1. The van der Waals surface area contributed by atoms with Crippen LogP contribution in [0, 0.1) is 0 Å². The predicted molar refractivity (Wildman–Crippen MR) is 63.7 cm³/mol. The van der Waals surface area contributed by atoms with E-state index >= 15 is 0 Å². The van der Waals surface area contributed by atoms with E-state index in [1.54, 1.807) is 18.2 Å². The van der Waals surface area contributed by atoms with Gasteiger partial charge < -0.3 is 14.0 Å². The van der Waals surface area contributed by atoms with Gasteiger partial charge in [-0.25, -0.2) is 4.79 Å². The van der Waals surface area contributed by atoms with Crippen molar-refractivity contribution in [1.82, 2.24) is 5.16 Å². The van der Waals surface area contributed by atoms with E-state index in [1.807, 2.05) is 6.07 Å². The summed E-state index contributed by atoms with van der Waals surface area (Å²) in [5.74, 6) is -0.517. The Labute approximate surface area is 106 Å². The van der Waals surface area contributed by atoms with Crippen LogP contribution in [0.1, 0.15) is 10.5 Å². The fourth-order valence-electron chi connectivity index (χ4n) is 1.64. The minimum Gasteiger partial charge on any atom is -0.476 e. The first kappa shape index (κ1) is 10.9. The molecular formula is C12H6ClNO4. The van der Waals surface area contributed by atoms with Crippen molar-refractivity contribution in [2.75, 3.05) is 0 Å². The lowest BCUT2D eigenvalue weighted by Gasteiger charge is -1.89. The molecule has 0 fully saturated rings. The molecule has 0 aliphatic carbocycles. The second kappa shape index (κ2) is 3.89. The maximum atomic E-state index is 10.7. The third-order valence-electron chi connectivity index (χ3n) is 2.47. The molecule has 2 aromatic heterocycles. The highest BCUT2D eigenvalue weighted by atomic mass is 35.5. The molecule has 1 N–H and O–H groups in total. The summed E-state index contributed by atoms with van der Waals surface area (Å²) < 4.78 is 10.4. The molecule has 0 aliphatic rings. The molecule has 0 bridgehead atoms. The van der Waals surface area contributed by atoms with Gasteiger partial charge in [0.05, 0.1) is 5.02 Å². The topological polar surface area (TPSA) is 76.5 Å². The van der Waals surface area contributed by atoms with E-state index in [0.29, 0.717) is 16.4 Å². The van der Waals surface area contributed by atoms with Crippen LogP contribution in [-0.4, -0.2) is 16.2 Å². The summed E-state index contributed by atoms with van der Waals surface area (Å²) >= 11 is 5.98. The molecule has 3 rings (SSSR count). The second-order valence-corrected chi connectivity index (χ2v) is 4.06. The van der Waals surface area contributed by atoms with Crippen molar-refractivity contribution in [2.45, 2.75) is 0 Å². The molecule has 0 atom stereocenters. The molecule has 90 valence electrons. The Kier molecular flexibility index (Phi) is 2.34. The molecule has 0 saturated carbocycles. The number of aromatic carboxylic acids is 1. The maximum Gasteiger partial charge on any atom is 0.358 e. The fourth-order valence-corrected chi connectivity index (χ4v) is 1.86. The summed E-state index contributed by atoms with van der Waals surface area (Å²) in [6.45, 7) is 0. The summed E-state index contributed by atoms with van der Waals surface area (Å²) in [7, 11) is 0. The Morgan fingerprint density at radius 3 is 2.78 bits per heavy atom. The summed E-state index contributed by atoms with van der Waals surface area (Å²) in [5.41, 5.74) is 0.360. The molecule has 0 spiro atoms. The van der Waals surface area contributed by atoms with Crippen molar-refractivity contribution >= 4 is 28.5 Å². The second-order valence-electron chi connectivity index (χ2n) is 3.65. The van der Waals surface area contributed by atoms with Gasteiger partial charge in [-0.05, 0) is 12.1 Å². The zero-order chi connectivity index (χ0) is 12.7. The van der Waals surface area contributed by atoms with Crippen molar-refractivity contribution in [3.63, 3.8) is 0 Å². The van der Waals surface area contributed by atoms with Crippen LogP contribution in [0.3, 0.4) is 0 Å². The van der Waals surface area contributed by atoms with Gasteiger partial charge in [-0.1, -0.05) is 28.9 Å². The lowest BCUT2D eigenvalue weighted by molar-refractivity contribution is 0.0686. The fraction of sp³-hybridized carbons (Fsp3) is 0. The van der Waals surface area contributed by atoms with Crippen LogP contribution in [-0.2, 0) is 0 Å². The molecular weight excluding hydrogens is 258 g/mol. The van der Waals surface area contributed by atoms with Crippen LogP contribution in [0.5, 0.6) is 0 Å².